The van der Waals surface area contributed by atoms with Gasteiger partial charge in [0.1, 0.15) is 0 Å². The van der Waals surface area contributed by atoms with Crippen molar-refractivity contribution in [3.05, 3.63) is 0 Å². The Morgan fingerprint density at radius 1 is 1.27 bits per heavy atom. The van der Waals surface area contributed by atoms with Crippen molar-refractivity contribution in [3.63, 3.8) is 0 Å². The van der Waals surface area contributed by atoms with E-state index in [-0.39, 0.29) is 0 Å². The fourth-order valence-corrected chi connectivity index (χ4v) is 2.52. The lowest BCUT2D eigenvalue weighted by Crippen LogP contribution is -2.49. The van der Waals surface area contributed by atoms with Crippen LogP contribution < -0.4 is 0 Å². The van der Waals surface area contributed by atoms with Crippen LogP contribution in [0.4, 0.5) is 0 Å². The highest BCUT2D eigenvalue weighted by Gasteiger charge is 2.37. The van der Waals surface area contributed by atoms with E-state index in [0.29, 0.717) is 11.1 Å². The van der Waals surface area contributed by atoms with Crippen LogP contribution in [0.5, 0.6) is 0 Å². The highest BCUT2D eigenvalue weighted by atomic mass is 28.4. The molecule has 0 spiro atoms. The molecule has 0 aromatic rings. The van der Waals surface area contributed by atoms with Crippen molar-refractivity contribution in [2.75, 3.05) is 19.7 Å². The van der Waals surface area contributed by atoms with Crippen LogP contribution in [0.1, 0.15) is 34.1 Å². The van der Waals surface area contributed by atoms with Crippen molar-refractivity contribution in [1.29, 1.82) is 0 Å². The number of likely N-dealkylation sites (tertiary alicyclic amines) is 1. The molecule has 90 valence electrons. The van der Waals surface area contributed by atoms with Crippen LogP contribution in [-0.2, 0) is 4.43 Å². The van der Waals surface area contributed by atoms with E-state index in [0.717, 1.165) is 6.61 Å². The fourth-order valence-electron chi connectivity index (χ4n) is 1.43. The third kappa shape index (κ3) is 3.30. The van der Waals surface area contributed by atoms with Gasteiger partial charge in [-0.3, -0.25) is 4.90 Å². The van der Waals surface area contributed by atoms with Gasteiger partial charge in [0.05, 0.1) is 0 Å². The molecule has 2 nitrogen and oxygen atoms in total. The van der Waals surface area contributed by atoms with Crippen LogP contribution in [0.25, 0.3) is 0 Å². The Kier molecular flexibility index (Phi) is 4.01. The van der Waals surface area contributed by atoms with Crippen molar-refractivity contribution in [2.24, 2.45) is 0 Å². The smallest absolute Gasteiger partial charge is 0.192 e. The van der Waals surface area contributed by atoms with E-state index in [2.05, 4.69) is 45.7 Å². The summed E-state index contributed by atoms with van der Waals surface area (Å²) >= 11 is 0. The predicted molar refractivity (Wildman–Crippen MR) is 68.8 cm³/mol. The van der Waals surface area contributed by atoms with Gasteiger partial charge in [0.2, 0.25) is 0 Å². The summed E-state index contributed by atoms with van der Waals surface area (Å²) in [5.41, 5.74) is 0. The number of rotatable bonds is 4. The maximum absolute atomic E-state index is 6.21. The number of nitrogens with zero attached hydrogens (tertiary/aromatic N) is 1. The zero-order chi connectivity index (χ0) is 11.7. The molecule has 0 radical (unpaired) electrons. The van der Waals surface area contributed by atoms with Gasteiger partial charge < -0.3 is 4.43 Å². The summed E-state index contributed by atoms with van der Waals surface area (Å²) in [5, 5.41) is 0.335. The largest absolute Gasteiger partial charge is 0.415 e. The van der Waals surface area contributed by atoms with Crippen LogP contribution in [0.2, 0.25) is 18.1 Å². The van der Waals surface area contributed by atoms with E-state index in [1.165, 1.54) is 19.5 Å². The second-order valence-corrected chi connectivity index (χ2v) is 11.1. The van der Waals surface area contributed by atoms with E-state index >= 15 is 0 Å². The first-order valence-electron chi connectivity index (χ1n) is 6.12. The van der Waals surface area contributed by atoms with E-state index in [4.69, 9.17) is 4.43 Å². The van der Waals surface area contributed by atoms with E-state index < -0.39 is 8.32 Å². The molecule has 3 heteroatoms. The summed E-state index contributed by atoms with van der Waals surface area (Å²) in [4.78, 5) is 2.51. The summed E-state index contributed by atoms with van der Waals surface area (Å²) in [5.74, 6) is 0. The zero-order valence-electron chi connectivity index (χ0n) is 11.3. The van der Waals surface area contributed by atoms with Crippen molar-refractivity contribution in [2.45, 2.75) is 58.3 Å². The molecular formula is C12H27NOSi. The van der Waals surface area contributed by atoms with Crippen molar-refractivity contribution in [1.82, 2.24) is 4.90 Å². The Hall–Kier alpha value is 0.137. The van der Waals surface area contributed by atoms with Crippen molar-refractivity contribution < 1.29 is 4.43 Å². The molecule has 1 aliphatic rings. The quantitative estimate of drug-likeness (QED) is 0.687. The van der Waals surface area contributed by atoms with E-state index in [1.54, 1.807) is 0 Å². The van der Waals surface area contributed by atoms with Gasteiger partial charge in [0.15, 0.2) is 8.32 Å². The van der Waals surface area contributed by atoms with E-state index in [1.807, 2.05) is 0 Å². The summed E-state index contributed by atoms with van der Waals surface area (Å²) in [6.45, 7) is 17.3. The Labute approximate surface area is 96.1 Å². The van der Waals surface area contributed by atoms with Gasteiger partial charge in [-0.25, -0.2) is 0 Å². The molecule has 15 heavy (non-hydrogen) atoms. The second kappa shape index (κ2) is 4.56. The van der Waals surface area contributed by atoms with Gasteiger partial charge in [0, 0.05) is 12.6 Å². The molecule has 1 saturated heterocycles. The lowest BCUT2D eigenvalue weighted by Gasteiger charge is -2.41. The third-order valence-corrected chi connectivity index (χ3v) is 8.51. The molecular weight excluding hydrogens is 202 g/mol. The second-order valence-electron chi connectivity index (χ2n) is 6.31. The van der Waals surface area contributed by atoms with Gasteiger partial charge in [-0.1, -0.05) is 20.8 Å². The molecule has 1 heterocycles. The summed E-state index contributed by atoms with van der Waals surface area (Å²) in [6, 6.07) is 0.605. The van der Waals surface area contributed by atoms with Crippen LogP contribution in [0.15, 0.2) is 0 Å². The Bertz CT molecular complexity index is 206. The fraction of sp³-hybridized carbons (Fsp3) is 1.00. The molecule has 1 aliphatic heterocycles. The molecule has 0 unspecified atom stereocenters. The number of hydrogen-bond donors (Lipinski definition) is 0. The van der Waals surface area contributed by atoms with Crippen LogP contribution in [-0.4, -0.2) is 39.0 Å². The van der Waals surface area contributed by atoms with Gasteiger partial charge in [-0.05, 0) is 44.6 Å². The first-order chi connectivity index (χ1) is 6.74. The third-order valence-electron chi connectivity index (χ3n) is 4.01. The molecule has 0 aromatic carbocycles. The molecule has 0 amide bonds. The summed E-state index contributed by atoms with van der Waals surface area (Å²) in [7, 11) is -1.53. The maximum Gasteiger partial charge on any atom is 0.192 e. The van der Waals surface area contributed by atoms with Crippen LogP contribution >= 0.6 is 0 Å². The van der Waals surface area contributed by atoms with Gasteiger partial charge in [-0.15, -0.1) is 0 Å². The highest BCUT2D eigenvalue weighted by molar-refractivity contribution is 6.74. The normalized spacial score (nSPS) is 21.2. The van der Waals surface area contributed by atoms with Gasteiger partial charge >= 0.3 is 0 Å². The molecule has 0 aromatic heterocycles. The first-order valence-corrected chi connectivity index (χ1v) is 9.03. The summed E-state index contributed by atoms with van der Waals surface area (Å²) in [6.07, 6.45) is 1.37. The predicted octanol–water partition coefficient (Wildman–Crippen LogP) is 3.10. The monoisotopic (exact) mass is 229 g/mol. The molecule has 1 fully saturated rings. The van der Waals surface area contributed by atoms with Crippen LogP contribution in [0, 0.1) is 0 Å². The van der Waals surface area contributed by atoms with Crippen LogP contribution in [0.3, 0.4) is 0 Å². The topological polar surface area (TPSA) is 12.5 Å². The SMILES string of the molecule is C[C@@H](CO[Si](C)(C)C(C)(C)C)N1CCC1. The Balaban J connectivity index is 2.34. The average Bonchev–Trinajstić information content (AvgIpc) is 1.95. The minimum absolute atomic E-state index is 0.335. The molecule has 1 atom stereocenters. The zero-order valence-corrected chi connectivity index (χ0v) is 12.3. The molecule has 0 saturated carbocycles. The van der Waals surface area contributed by atoms with Gasteiger partial charge in [-0.2, -0.15) is 0 Å². The Morgan fingerprint density at radius 2 is 1.80 bits per heavy atom. The average molecular weight is 229 g/mol. The lowest BCUT2D eigenvalue weighted by atomic mass is 10.1. The molecule has 0 bridgehead atoms. The standard InChI is InChI=1S/C12H27NOSi/c1-11(13-8-7-9-13)10-14-15(5,6)12(2,3)4/h11H,7-10H2,1-6H3/t11-/m0/s1. The highest BCUT2D eigenvalue weighted by Crippen LogP contribution is 2.36. The van der Waals surface area contributed by atoms with Gasteiger partial charge in [0.25, 0.3) is 0 Å². The number of hydrogen-bond acceptors (Lipinski definition) is 2. The van der Waals surface area contributed by atoms with E-state index in [9.17, 15) is 0 Å². The molecule has 0 aliphatic carbocycles. The summed E-state index contributed by atoms with van der Waals surface area (Å²) < 4.78 is 6.21. The maximum atomic E-state index is 6.21. The van der Waals surface area contributed by atoms with Crippen molar-refractivity contribution in [3.8, 4) is 0 Å². The minimum atomic E-state index is -1.53. The molecule has 1 rings (SSSR count). The molecule has 0 N–H and O–H groups in total. The minimum Gasteiger partial charge on any atom is -0.415 e. The first kappa shape index (κ1) is 13.2. The Morgan fingerprint density at radius 3 is 2.13 bits per heavy atom. The van der Waals surface area contributed by atoms with Crippen molar-refractivity contribution >= 4 is 8.32 Å². The lowest BCUT2D eigenvalue weighted by molar-refractivity contribution is 0.0854.